The highest BCUT2D eigenvalue weighted by molar-refractivity contribution is 7.98. The second-order valence-corrected chi connectivity index (χ2v) is 9.93. The lowest BCUT2D eigenvalue weighted by molar-refractivity contribution is -0.116. The Morgan fingerprint density at radius 3 is 2.27 bits per heavy atom. The van der Waals surface area contributed by atoms with E-state index in [4.69, 9.17) is 0 Å². The first-order chi connectivity index (χ1) is 15.8. The molecular formula is C27H27N3O2S. The quantitative estimate of drug-likeness (QED) is 0.315. The predicted molar refractivity (Wildman–Crippen MR) is 135 cm³/mol. The smallest absolute Gasteiger partial charge is 0.273 e. The number of carbonyl (C=O) groups is 1. The van der Waals surface area contributed by atoms with Gasteiger partial charge >= 0.3 is 0 Å². The molecular weight excluding hydrogens is 430 g/mol. The monoisotopic (exact) mass is 457 g/mol. The van der Waals surface area contributed by atoms with Gasteiger partial charge in [0.1, 0.15) is 0 Å². The maximum absolute atomic E-state index is 13.2. The molecule has 4 rings (SSSR count). The van der Waals surface area contributed by atoms with Crippen molar-refractivity contribution in [2.24, 2.45) is 0 Å². The average Bonchev–Trinajstić information content (AvgIpc) is 2.80. The van der Waals surface area contributed by atoms with Crippen molar-refractivity contribution in [3.05, 3.63) is 106 Å². The lowest BCUT2D eigenvalue weighted by Gasteiger charge is -2.19. The van der Waals surface area contributed by atoms with Crippen LogP contribution in [0.25, 0.3) is 10.9 Å². The number of amides is 1. The SMILES string of the molecule is CC(C)(C)c1ccc(CSc2nc3ccccc3c(=O)n2NC(=O)Cc2ccccc2)cc1. The van der Waals surface area contributed by atoms with Crippen molar-refractivity contribution in [2.45, 2.75) is 43.5 Å². The minimum Gasteiger partial charge on any atom is -0.273 e. The normalized spacial score (nSPS) is 11.5. The molecule has 0 spiro atoms. The molecule has 0 saturated heterocycles. The molecule has 1 aromatic heterocycles. The lowest BCUT2D eigenvalue weighted by atomic mass is 9.87. The van der Waals surface area contributed by atoms with E-state index in [9.17, 15) is 9.59 Å². The van der Waals surface area contributed by atoms with Crippen LogP contribution in [-0.4, -0.2) is 15.6 Å². The van der Waals surface area contributed by atoms with E-state index in [1.54, 1.807) is 12.1 Å². The van der Waals surface area contributed by atoms with Crippen molar-refractivity contribution >= 4 is 28.6 Å². The first-order valence-corrected chi connectivity index (χ1v) is 11.9. The fourth-order valence-electron chi connectivity index (χ4n) is 3.50. The number of hydrogen-bond donors (Lipinski definition) is 1. The highest BCUT2D eigenvalue weighted by Gasteiger charge is 2.16. The molecule has 1 heterocycles. The van der Waals surface area contributed by atoms with Gasteiger partial charge in [0, 0.05) is 5.75 Å². The van der Waals surface area contributed by atoms with E-state index in [2.05, 4.69) is 55.4 Å². The maximum atomic E-state index is 13.2. The van der Waals surface area contributed by atoms with Gasteiger partial charge in [-0.1, -0.05) is 99.3 Å². The van der Waals surface area contributed by atoms with Crippen LogP contribution in [0.3, 0.4) is 0 Å². The zero-order valence-electron chi connectivity index (χ0n) is 19.0. The Labute approximate surface area is 197 Å². The van der Waals surface area contributed by atoms with E-state index >= 15 is 0 Å². The number of nitrogens with zero attached hydrogens (tertiary/aromatic N) is 2. The number of nitrogens with one attached hydrogen (secondary N) is 1. The molecule has 1 N–H and O–H groups in total. The number of hydrogen-bond acceptors (Lipinski definition) is 4. The van der Waals surface area contributed by atoms with Gasteiger partial charge in [0.15, 0.2) is 5.16 Å². The molecule has 1 amide bonds. The van der Waals surface area contributed by atoms with Crippen LogP contribution in [0.15, 0.2) is 88.8 Å². The predicted octanol–water partition coefficient (Wildman–Crippen LogP) is 5.30. The van der Waals surface area contributed by atoms with Crippen LogP contribution in [0, 0.1) is 0 Å². The van der Waals surface area contributed by atoms with Crippen LogP contribution >= 0.6 is 11.8 Å². The Balaban J connectivity index is 1.60. The van der Waals surface area contributed by atoms with Crippen molar-refractivity contribution in [2.75, 3.05) is 5.43 Å². The first-order valence-electron chi connectivity index (χ1n) is 10.9. The fraction of sp³-hybridized carbons (Fsp3) is 0.222. The molecule has 0 radical (unpaired) electrons. The number of rotatable bonds is 6. The van der Waals surface area contributed by atoms with Crippen molar-refractivity contribution < 1.29 is 4.79 Å². The first kappa shape index (κ1) is 22.8. The van der Waals surface area contributed by atoms with Crippen LogP contribution in [0.4, 0.5) is 0 Å². The van der Waals surface area contributed by atoms with E-state index in [1.807, 2.05) is 42.5 Å². The van der Waals surface area contributed by atoms with Crippen molar-refractivity contribution in [1.29, 1.82) is 0 Å². The van der Waals surface area contributed by atoms with E-state index in [0.717, 1.165) is 11.1 Å². The molecule has 6 heteroatoms. The van der Waals surface area contributed by atoms with Gasteiger partial charge in [0.25, 0.3) is 5.56 Å². The summed E-state index contributed by atoms with van der Waals surface area (Å²) in [7, 11) is 0. The summed E-state index contributed by atoms with van der Waals surface area (Å²) in [5.74, 6) is 0.362. The van der Waals surface area contributed by atoms with Gasteiger partial charge < -0.3 is 0 Å². The van der Waals surface area contributed by atoms with Gasteiger partial charge in [0.2, 0.25) is 5.91 Å². The molecule has 0 atom stereocenters. The molecule has 3 aromatic carbocycles. The van der Waals surface area contributed by atoms with Gasteiger partial charge in [-0.25, -0.2) is 4.98 Å². The third-order valence-electron chi connectivity index (χ3n) is 5.38. The summed E-state index contributed by atoms with van der Waals surface area (Å²) < 4.78 is 1.28. The second kappa shape index (κ2) is 9.63. The Kier molecular flexibility index (Phi) is 6.65. The van der Waals surface area contributed by atoms with Gasteiger partial charge in [-0.2, -0.15) is 4.68 Å². The summed E-state index contributed by atoms with van der Waals surface area (Å²) in [4.78, 5) is 30.6. The maximum Gasteiger partial charge on any atom is 0.281 e. The molecule has 0 aliphatic carbocycles. The van der Waals surface area contributed by atoms with Crippen molar-refractivity contribution in [3.63, 3.8) is 0 Å². The van der Waals surface area contributed by atoms with Crippen LogP contribution in [0.5, 0.6) is 0 Å². The summed E-state index contributed by atoms with van der Waals surface area (Å²) in [5.41, 5.74) is 6.46. The van der Waals surface area contributed by atoms with Crippen molar-refractivity contribution in [1.82, 2.24) is 9.66 Å². The molecule has 0 aliphatic heterocycles. The summed E-state index contributed by atoms with van der Waals surface area (Å²) in [6, 6.07) is 25.1. The standard InChI is InChI=1S/C27H27N3O2S/c1-27(2,3)21-15-13-20(14-16-21)18-33-26-28-23-12-8-7-11-22(23)25(32)30(26)29-24(31)17-19-9-5-4-6-10-19/h4-16H,17-18H2,1-3H3,(H,29,31). The highest BCUT2D eigenvalue weighted by atomic mass is 32.2. The number of aromatic nitrogens is 2. The molecule has 0 aliphatic rings. The van der Waals surface area contributed by atoms with Gasteiger partial charge in [-0.3, -0.25) is 15.0 Å². The Bertz CT molecular complexity index is 1320. The third kappa shape index (κ3) is 5.52. The third-order valence-corrected chi connectivity index (χ3v) is 6.39. The Hall–Kier alpha value is -3.38. The number of benzene rings is 3. The highest BCUT2D eigenvalue weighted by Crippen LogP contribution is 2.25. The van der Waals surface area contributed by atoms with Gasteiger partial charge in [-0.05, 0) is 34.2 Å². The fourth-order valence-corrected chi connectivity index (χ4v) is 4.41. The van der Waals surface area contributed by atoms with Crippen LogP contribution in [-0.2, 0) is 22.4 Å². The summed E-state index contributed by atoms with van der Waals surface area (Å²) in [6.45, 7) is 6.56. The van der Waals surface area contributed by atoms with E-state index < -0.39 is 0 Å². The van der Waals surface area contributed by atoms with E-state index in [-0.39, 0.29) is 23.3 Å². The number of thioether (sulfide) groups is 1. The average molecular weight is 458 g/mol. The minimum atomic E-state index is -0.285. The largest absolute Gasteiger partial charge is 0.281 e. The second-order valence-electron chi connectivity index (χ2n) is 8.99. The molecule has 0 bridgehead atoms. The summed E-state index contributed by atoms with van der Waals surface area (Å²) >= 11 is 1.43. The van der Waals surface area contributed by atoms with Crippen molar-refractivity contribution in [3.8, 4) is 0 Å². The molecule has 5 nitrogen and oxygen atoms in total. The summed E-state index contributed by atoms with van der Waals surface area (Å²) in [5, 5.41) is 0.927. The van der Waals surface area contributed by atoms with Crippen LogP contribution in [0.2, 0.25) is 0 Å². The zero-order valence-corrected chi connectivity index (χ0v) is 19.9. The topological polar surface area (TPSA) is 64.0 Å². The summed E-state index contributed by atoms with van der Waals surface area (Å²) in [6.07, 6.45) is 0.179. The molecule has 0 fully saturated rings. The van der Waals surface area contributed by atoms with Gasteiger partial charge in [-0.15, -0.1) is 0 Å². The molecule has 0 saturated carbocycles. The molecule has 4 aromatic rings. The molecule has 168 valence electrons. The minimum absolute atomic E-state index is 0.0924. The number of fused-ring (bicyclic) bond motifs is 1. The zero-order chi connectivity index (χ0) is 23.4. The van der Waals surface area contributed by atoms with Crippen LogP contribution in [0.1, 0.15) is 37.5 Å². The molecule has 0 unspecified atom stereocenters. The van der Waals surface area contributed by atoms with E-state index in [0.29, 0.717) is 21.8 Å². The van der Waals surface area contributed by atoms with E-state index in [1.165, 1.54) is 22.0 Å². The Morgan fingerprint density at radius 1 is 0.909 bits per heavy atom. The Morgan fingerprint density at radius 2 is 1.58 bits per heavy atom. The molecule has 33 heavy (non-hydrogen) atoms. The lowest BCUT2D eigenvalue weighted by Crippen LogP contribution is -2.35. The number of carbonyl (C=O) groups excluding carboxylic acids is 1. The van der Waals surface area contributed by atoms with Crippen LogP contribution < -0.4 is 11.0 Å². The number of para-hydroxylation sites is 1. The van der Waals surface area contributed by atoms with Gasteiger partial charge in [0.05, 0.1) is 17.3 Å².